The minimum atomic E-state index is -0.811. The van der Waals surface area contributed by atoms with Gasteiger partial charge in [0.1, 0.15) is 5.03 Å². The molecule has 3 rings (SSSR count). The molecule has 0 radical (unpaired) electrons. The predicted molar refractivity (Wildman–Crippen MR) is 84.2 cm³/mol. The summed E-state index contributed by atoms with van der Waals surface area (Å²) in [6.07, 6.45) is 6.61. The zero-order valence-electron chi connectivity index (χ0n) is 11.0. The van der Waals surface area contributed by atoms with E-state index in [9.17, 15) is 4.79 Å². The van der Waals surface area contributed by atoms with Gasteiger partial charge in [0.25, 0.3) is 0 Å². The highest BCUT2D eigenvalue weighted by Crippen LogP contribution is 2.40. The summed E-state index contributed by atoms with van der Waals surface area (Å²) in [5, 5.41) is 10.4. The monoisotopic (exact) mass is 326 g/mol. The Bertz CT molecular complexity index is 669. The first-order valence-corrected chi connectivity index (χ1v) is 9.42. The lowest BCUT2D eigenvalue weighted by Gasteiger charge is -2.09. The molecule has 20 heavy (non-hydrogen) atoms. The fraction of sp³-hybridized carbons (Fsp3) is 0.462. The summed E-state index contributed by atoms with van der Waals surface area (Å²) in [7, 11) is 0. The molecule has 1 aliphatic rings. The zero-order chi connectivity index (χ0) is 14.1. The van der Waals surface area contributed by atoms with Crippen molar-refractivity contribution < 1.29 is 9.90 Å². The summed E-state index contributed by atoms with van der Waals surface area (Å²) in [6, 6.07) is 0. The van der Waals surface area contributed by atoms with Crippen LogP contribution in [0.1, 0.15) is 23.3 Å². The molecule has 0 aliphatic heterocycles. The summed E-state index contributed by atoms with van der Waals surface area (Å²) in [5.74, 6) is -0.767. The van der Waals surface area contributed by atoms with Crippen LogP contribution in [0, 0.1) is 0 Å². The Kier molecular flexibility index (Phi) is 4.18. The summed E-state index contributed by atoms with van der Waals surface area (Å²) in [5.41, 5.74) is 2.42. The second kappa shape index (κ2) is 5.91. The van der Waals surface area contributed by atoms with E-state index < -0.39 is 5.97 Å². The minimum Gasteiger partial charge on any atom is -0.481 e. The molecule has 0 amide bonds. The number of rotatable bonds is 4. The quantitative estimate of drug-likeness (QED) is 0.527. The Morgan fingerprint density at radius 1 is 1.35 bits per heavy atom. The molecule has 2 heterocycles. The summed E-state index contributed by atoms with van der Waals surface area (Å²) in [6.45, 7) is 0. The standard InChI is InChI=1S/C13H14N2O2S3/c1-18-13-14-10-7-4-2-3-5-8(7)20-11(10)12(15-13)19-6-9(16)17/h2-6H2,1H3,(H,16,17). The number of fused-ring (bicyclic) bond motifs is 3. The highest BCUT2D eigenvalue weighted by atomic mass is 32.2. The number of thiophene rings is 1. The van der Waals surface area contributed by atoms with Crippen LogP contribution in [-0.4, -0.2) is 33.1 Å². The van der Waals surface area contributed by atoms with Gasteiger partial charge in [-0.2, -0.15) is 0 Å². The van der Waals surface area contributed by atoms with E-state index in [-0.39, 0.29) is 5.75 Å². The summed E-state index contributed by atoms with van der Waals surface area (Å²) in [4.78, 5) is 21.4. The second-order valence-corrected chi connectivity index (χ2v) is 7.43. The third-order valence-electron chi connectivity index (χ3n) is 3.26. The van der Waals surface area contributed by atoms with Crippen LogP contribution < -0.4 is 0 Å². The van der Waals surface area contributed by atoms with Gasteiger partial charge in [0.2, 0.25) is 0 Å². The molecule has 0 spiro atoms. The average molecular weight is 326 g/mol. The van der Waals surface area contributed by atoms with Crippen molar-refractivity contribution in [2.45, 2.75) is 35.9 Å². The van der Waals surface area contributed by atoms with Crippen LogP contribution in [0.3, 0.4) is 0 Å². The molecule has 7 heteroatoms. The van der Waals surface area contributed by atoms with Gasteiger partial charge in [0, 0.05) is 4.88 Å². The molecule has 0 saturated heterocycles. The summed E-state index contributed by atoms with van der Waals surface area (Å²) < 4.78 is 1.07. The van der Waals surface area contributed by atoms with Gasteiger partial charge >= 0.3 is 5.97 Å². The number of hydrogen-bond acceptors (Lipinski definition) is 6. The highest BCUT2D eigenvalue weighted by Gasteiger charge is 2.21. The number of carboxylic acids is 1. The molecule has 1 N–H and O–H groups in total. The SMILES string of the molecule is CSc1nc(SCC(=O)O)c2sc3c(c2n1)CCCC3. The average Bonchev–Trinajstić information content (AvgIpc) is 2.83. The Morgan fingerprint density at radius 3 is 2.90 bits per heavy atom. The van der Waals surface area contributed by atoms with Crippen LogP contribution in [0.15, 0.2) is 10.2 Å². The maximum Gasteiger partial charge on any atom is 0.313 e. The van der Waals surface area contributed by atoms with Gasteiger partial charge in [0.05, 0.1) is 16.0 Å². The van der Waals surface area contributed by atoms with Crippen molar-refractivity contribution in [2.75, 3.05) is 12.0 Å². The molecule has 0 saturated carbocycles. The molecular formula is C13H14N2O2S3. The lowest BCUT2D eigenvalue weighted by Crippen LogP contribution is -2.00. The Hall–Kier alpha value is -0.790. The van der Waals surface area contributed by atoms with Gasteiger partial charge in [-0.15, -0.1) is 11.3 Å². The van der Waals surface area contributed by atoms with Crippen molar-refractivity contribution >= 4 is 51.0 Å². The fourth-order valence-corrected chi connectivity index (χ4v) is 4.97. The van der Waals surface area contributed by atoms with Crippen molar-refractivity contribution in [3.8, 4) is 0 Å². The van der Waals surface area contributed by atoms with E-state index in [1.807, 2.05) is 6.26 Å². The minimum absolute atomic E-state index is 0.0441. The number of carbonyl (C=O) groups is 1. The number of hydrogen-bond donors (Lipinski definition) is 1. The molecule has 4 nitrogen and oxygen atoms in total. The number of aromatic nitrogens is 2. The maximum absolute atomic E-state index is 10.8. The van der Waals surface area contributed by atoms with Gasteiger partial charge < -0.3 is 5.11 Å². The molecule has 106 valence electrons. The second-order valence-electron chi connectivity index (χ2n) is 4.59. The molecular weight excluding hydrogens is 312 g/mol. The van der Waals surface area contributed by atoms with Crippen LogP contribution in [0.25, 0.3) is 10.2 Å². The predicted octanol–water partition coefficient (Wildman–Crippen LogP) is 3.47. The van der Waals surface area contributed by atoms with Crippen molar-refractivity contribution in [1.29, 1.82) is 0 Å². The fourth-order valence-electron chi connectivity index (χ4n) is 2.39. The van der Waals surface area contributed by atoms with E-state index in [4.69, 9.17) is 5.11 Å². The lowest BCUT2D eigenvalue weighted by molar-refractivity contribution is -0.133. The largest absolute Gasteiger partial charge is 0.481 e. The van der Waals surface area contributed by atoms with Crippen LogP contribution in [0.2, 0.25) is 0 Å². The lowest BCUT2D eigenvalue weighted by atomic mass is 9.98. The van der Waals surface area contributed by atoms with E-state index in [1.165, 1.54) is 46.8 Å². The van der Waals surface area contributed by atoms with Crippen molar-refractivity contribution in [3.05, 3.63) is 10.4 Å². The van der Waals surface area contributed by atoms with Gasteiger partial charge in [0.15, 0.2) is 5.16 Å². The van der Waals surface area contributed by atoms with Crippen LogP contribution >= 0.6 is 34.9 Å². The van der Waals surface area contributed by atoms with Crippen LogP contribution in [0.4, 0.5) is 0 Å². The normalized spacial score (nSPS) is 14.4. The number of carboxylic acid groups (broad SMARTS) is 1. The third kappa shape index (κ3) is 2.66. The van der Waals surface area contributed by atoms with Crippen LogP contribution in [0.5, 0.6) is 0 Å². The van der Waals surface area contributed by atoms with E-state index in [0.29, 0.717) is 0 Å². The Morgan fingerprint density at radius 2 is 2.15 bits per heavy atom. The molecule has 0 aromatic carbocycles. The molecule has 0 unspecified atom stereocenters. The molecule has 2 aromatic rings. The Balaban J connectivity index is 2.12. The van der Waals surface area contributed by atoms with E-state index in [2.05, 4.69) is 9.97 Å². The van der Waals surface area contributed by atoms with Crippen LogP contribution in [-0.2, 0) is 17.6 Å². The molecule has 2 aromatic heterocycles. The van der Waals surface area contributed by atoms with Gasteiger partial charge in [-0.3, -0.25) is 4.79 Å². The highest BCUT2D eigenvalue weighted by molar-refractivity contribution is 8.00. The zero-order valence-corrected chi connectivity index (χ0v) is 13.5. The summed E-state index contributed by atoms with van der Waals surface area (Å²) >= 11 is 4.55. The Labute approximate surface area is 129 Å². The first kappa shape index (κ1) is 14.2. The smallest absolute Gasteiger partial charge is 0.313 e. The van der Waals surface area contributed by atoms with E-state index >= 15 is 0 Å². The third-order valence-corrected chi connectivity index (χ3v) is 6.18. The number of aliphatic carboxylic acids is 1. The van der Waals surface area contributed by atoms with Gasteiger partial charge in [-0.1, -0.05) is 23.5 Å². The van der Waals surface area contributed by atoms with E-state index in [1.54, 1.807) is 11.3 Å². The number of aryl methyl sites for hydroxylation is 2. The number of thioether (sulfide) groups is 2. The number of nitrogens with zero attached hydrogens (tertiary/aromatic N) is 2. The van der Waals surface area contributed by atoms with Gasteiger partial charge in [-0.25, -0.2) is 9.97 Å². The molecule has 0 fully saturated rings. The molecule has 0 atom stereocenters. The topological polar surface area (TPSA) is 63.1 Å². The van der Waals surface area contributed by atoms with Crippen molar-refractivity contribution in [2.24, 2.45) is 0 Å². The first-order chi connectivity index (χ1) is 9.69. The molecule has 0 bridgehead atoms. The van der Waals surface area contributed by atoms with Gasteiger partial charge in [-0.05, 0) is 37.5 Å². The van der Waals surface area contributed by atoms with E-state index in [0.717, 1.165) is 33.2 Å². The molecule has 1 aliphatic carbocycles. The maximum atomic E-state index is 10.8. The first-order valence-electron chi connectivity index (χ1n) is 6.40. The van der Waals surface area contributed by atoms with Crippen molar-refractivity contribution in [1.82, 2.24) is 9.97 Å². The van der Waals surface area contributed by atoms with Crippen molar-refractivity contribution in [3.63, 3.8) is 0 Å².